The number of benzene rings is 2. The van der Waals surface area contributed by atoms with Crippen molar-refractivity contribution >= 4 is 11.7 Å². The van der Waals surface area contributed by atoms with E-state index in [1.54, 1.807) is 32.4 Å². The Morgan fingerprint density at radius 2 is 1.81 bits per heavy atom. The van der Waals surface area contributed by atoms with Gasteiger partial charge in [-0.1, -0.05) is 6.07 Å². The van der Waals surface area contributed by atoms with Gasteiger partial charge in [0.1, 0.15) is 24.7 Å². The number of nitrogens with one attached hydrogen (secondary N) is 2. The molecular weight excluding hydrogens is 336 g/mol. The van der Waals surface area contributed by atoms with Crippen molar-refractivity contribution in [1.29, 1.82) is 0 Å². The Balaban J connectivity index is 1.68. The largest absolute Gasteiger partial charge is 0.497 e. The second-order valence-corrected chi connectivity index (χ2v) is 5.79. The van der Waals surface area contributed by atoms with Crippen LogP contribution in [-0.4, -0.2) is 33.5 Å². The number of hydrogen-bond donors (Lipinski definition) is 2. The van der Waals surface area contributed by atoms with Gasteiger partial charge < -0.3 is 29.6 Å². The van der Waals surface area contributed by atoms with E-state index >= 15 is 0 Å². The number of amides is 2. The molecule has 1 aliphatic heterocycles. The highest BCUT2D eigenvalue weighted by Crippen LogP contribution is 2.33. The molecule has 2 N–H and O–H groups in total. The lowest BCUT2D eigenvalue weighted by Crippen LogP contribution is -2.31. The van der Waals surface area contributed by atoms with E-state index in [1.165, 1.54) is 0 Å². The van der Waals surface area contributed by atoms with Crippen molar-refractivity contribution < 1.29 is 23.7 Å². The Bertz CT molecular complexity index is 793. The van der Waals surface area contributed by atoms with E-state index in [1.807, 2.05) is 25.1 Å². The number of urea groups is 1. The highest BCUT2D eigenvalue weighted by Gasteiger charge is 2.16. The molecule has 26 heavy (non-hydrogen) atoms. The molecule has 2 amide bonds. The van der Waals surface area contributed by atoms with Crippen molar-refractivity contribution in [2.75, 3.05) is 32.8 Å². The summed E-state index contributed by atoms with van der Waals surface area (Å²) in [6, 6.07) is 10.3. The van der Waals surface area contributed by atoms with Gasteiger partial charge in [0, 0.05) is 6.07 Å². The first-order valence-corrected chi connectivity index (χ1v) is 8.30. The van der Waals surface area contributed by atoms with E-state index in [0.29, 0.717) is 36.1 Å². The number of ether oxygens (including phenoxy) is 4. The molecule has 2 aromatic rings. The number of methoxy groups -OCH3 is 2. The zero-order chi connectivity index (χ0) is 18.5. The maximum absolute atomic E-state index is 12.4. The molecule has 7 nitrogen and oxygen atoms in total. The van der Waals surface area contributed by atoms with Crippen molar-refractivity contribution in [1.82, 2.24) is 5.32 Å². The van der Waals surface area contributed by atoms with Gasteiger partial charge in [-0.3, -0.25) is 0 Å². The topological polar surface area (TPSA) is 78.1 Å². The summed E-state index contributed by atoms with van der Waals surface area (Å²) in [5.74, 6) is 2.59. The molecule has 3 rings (SSSR count). The Hall–Kier alpha value is -3.09. The smallest absolute Gasteiger partial charge is 0.319 e. The summed E-state index contributed by atoms with van der Waals surface area (Å²) < 4.78 is 21.6. The fourth-order valence-corrected chi connectivity index (χ4v) is 2.68. The lowest BCUT2D eigenvalue weighted by atomic mass is 10.1. The summed E-state index contributed by atoms with van der Waals surface area (Å²) in [6.45, 7) is 2.97. The van der Waals surface area contributed by atoms with E-state index in [2.05, 4.69) is 10.6 Å². The van der Waals surface area contributed by atoms with E-state index in [4.69, 9.17) is 18.9 Å². The molecule has 1 aliphatic rings. The zero-order valence-corrected chi connectivity index (χ0v) is 15.0. The van der Waals surface area contributed by atoms with Crippen molar-refractivity contribution in [3.8, 4) is 23.0 Å². The molecule has 2 aromatic carbocycles. The molecule has 1 unspecified atom stereocenters. The van der Waals surface area contributed by atoms with Crippen LogP contribution in [0.4, 0.5) is 10.5 Å². The molecule has 0 bridgehead atoms. The summed E-state index contributed by atoms with van der Waals surface area (Å²) in [4.78, 5) is 12.4. The summed E-state index contributed by atoms with van der Waals surface area (Å²) >= 11 is 0. The van der Waals surface area contributed by atoms with Crippen LogP contribution in [0.2, 0.25) is 0 Å². The molecule has 1 atom stereocenters. The predicted molar refractivity (Wildman–Crippen MR) is 97.5 cm³/mol. The van der Waals surface area contributed by atoms with Gasteiger partial charge in [0.2, 0.25) is 0 Å². The minimum Gasteiger partial charge on any atom is -0.497 e. The molecule has 0 saturated heterocycles. The van der Waals surface area contributed by atoms with Crippen LogP contribution in [0, 0.1) is 0 Å². The minimum atomic E-state index is -0.348. The first-order valence-electron chi connectivity index (χ1n) is 8.30. The summed E-state index contributed by atoms with van der Waals surface area (Å²) in [7, 11) is 3.11. The number of carbonyl (C=O) groups is 1. The lowest BCUT2D eigenvalue weighted by Gasteiger charge is -2.21. The van der Waals surface area contributed by atoms with Gasteiger partial charge in [0.25, 0.3) is 0 Å². The van der Waals surface area contributed by atoms with Gasteiger partial charge in [-0.05, 0) is 36.8 Å². The highest BCUT2D eigenvalue weighted by atomic mass is 16.6. The van der Waals surface area contributed by atoms with Crippen LogP contribution in [0.25, 0.3) is 0 Å². The molecule has 0 spiro atoms. The normalized spacial score (nSPS) is 13.5. The standard InChI is InChI=1S/C19H22N2O5/c1-12(13-4-6-17-18(10-13)26-9-8-25-17)20-19(22)21-15-11-14(23-2)5-7-16(15)24-3/h4-7,10-12H,8-9H2,1-3H3,(H2,20,21,22). The van der Waals surface area contributed by atoms with Crippen molar-refractivity contribution in [3.05, 3.63) is 42.0 Å². The predicted octanol–water partition coefficient (Wildman–Crippen LogP) is 3.36. The van der Waals surface area contributed by atoms with Gasteiger partial charge in [-0.25, -0.2) is 4.79 Å². The van der Waals surface area contributed by atoms with Crippen LogP contribution in [0.15, 0.2) is 36.4 Å². The summed E-state index contributed by atoms with van der Waals surface area (Å²) in [6.07, 6.45) is 0. The number of anilines is 1. The fourth-order valence-electron chi connectivity index (χ4n) is 2.68. The number of carbonyl (C=O) groups excluding carboxylic acids is 1. The van der Waals surface area contributed by atoms with Gasteiger partial charge in [-0.15, -0.1) is 0 Å². The SMILES string of the molecule is COc1ccc(OC)c(NC(=O)NC(C)c2ccc3c(c2)OCCO3)c1. The molecule has 0 radical (unpaired) electrons. The maximum Gasteiger partial charge on any atom is 0.319 e. The quantitative estimate of drug-likeness (QED) is 0.857. The van der Waals surface area contributed by atoms with Crippen molar-refractivity contribution in [3.63, 3.8) is 0 Å². The summed E-state index contributed by atoms with van der Waals surface area (Å²) in [5.41, 5.74) is 1.45. The molecule has 1 heterocycles. The van der Waals surface area contributed by atoms with Crippen LogP contribution < -0.4 is 29.6 Å². The first-order chi connectivity index (χ1) is 12.6. The molecule has 0 aliphatic carbocycles. The highest BCUT2D eigenvalue weighted by molar-refractivity contribution is 5.91. The number of fused-ring (bicyclic) bond motifs is 1. The van der Waals surface area contributed by atoms with Crippen LogP contribution >= 0.6 is 0 Å². The third kappa shape index (κ3) is 3.93. The molecule has 0 fully saturated rings. The van der Waals surface area contributed by atoms with E-state index < -0.39 is 0 Å². The lowest BCUT2D eigenvalue weighted by molar-refractivity contribution is 0.171. The maximum atomic E-state index is 12.4. The van der Waals surface area contributed by atoms with Crippen LogP contribution in [-0.2, 0) is 0 Å². The molecular formula is C19H22N2O5. The average Bonchev–Trinajstić information content (AvgIpc) is 2.67. The second kappa shape index (κ2) is 7.86. The minimum absolute atomic E-state index is 0.220. The van der Waals surface area contributed by atoms with Crippen LogP contribution in [0.3, 0.4) is 0 Å². The average molecular weight is 358 g/mol. The van der Waals surface area contributed by atoms with Gasteiger partial charge in [0.15, 0.2) is 11.5 Å². The van der Waals surface area contributed by atoms with E-state index in [-0.39, 0.29) is 12.1 Å². The third-order valence-corrected chi connectivity index (χ3v) is 4.07. The first kappa shape index (κ1) is 17.7. The molecule has 7 heteroatoms. The fraction of sp³-hybridized carbons (Fsp3) is 0.316. The molecule has 138 valence electrons. The van der Waals surface area contributed by atoms with Crippen LogP contribution in [0.5, 0.6) is 23.0 Å². The Morgan fingerprint density at radius 1 is 1.04 bits per heavy atom. The summed E-state index contributed by atoms with van der Waals surface area (Å²) in [5, 5.41) is 5.69. The van der Waals surface area contributed by atoms with Gasteiger partial charge >= 0.3 is 6.03 Å². The van der Waals surface area contributed by atoms with Gasteiger partial charge in [-0.2, -0.15) is 0 Å². The second-order valence-electron chi connectivity index (χ2n) is 5.79. The number of hydrogen-bond acceptors (Lipinski definition) is 5. The van der Waals surface area contributed by atoms with Gasteiger partial charge in [0.05, 0.1) is 25.9 Å². The third-order valence-electron chi connectivity index (χ3n) is 4.07. The Morgan fingerprint density at radius 3 is 2.54 bits per heavy atom. The van der Waals surface area contributed by atoms with E-state index in [9.17, 15) is 4.79 Å². The van der Waals surface area contributed by atoms with Crippen molar-refractivity contribution in [2.45, 2.75) is 13.0 Å². The monoisotopic (exact) mass is 358 g/mol. The van der Waals surface area contributed by atoms with Crippen LogP contribution in [0.1, 0.15) is 18.5 Å². The number of rotatable bonds is 5. The van der Waals surface area contributed by atoms with Crippen molar-refractivity contribution in [2.24, 2.45) is 0 Å². The molecule has 0 aromatic heterocycles. The molecule has 0 saturated carbocycles. The zero-order valence-electron chi connectivity index (χ0n) is 15.0. The Kier molecular flexibility index (Phi) is 5.36. The Labute approximate surface area is 152 Å². The van der Waals surface area contributed by atoms with E-state index in [0.717, 1.165) is 11.3 Å².